The molecule has 1 fully saturated rings. The van der Waals surface area contributed by atoms with Crippen LogP contribution in [0, 0.1) is 5.92 Å². The summed E-state index contributed by atoms with van der Waals surface area (Å²) in [4.78, 5) is 27.7. The van der Waals surface area contributed by atoms with Crippen LogP contribution >= 0.6 is 0 Å². The van der Waals surface area contributed by atoms with Crippen molar-refractivity contribution in [3.8, 4) is 0 Å². The molecule has 0 spiro atoms. The number of nitrogens with zero attached hydrogens (tertiary/aromatic N) is 4. The molecule has 3 aromatic rings. The average Bonchev–Trinajstić information content (AvgIpc) is 3.19. The van der Waals surface area contributed by atoms with E-state index >= 15 is 0 Å². The van der Waals surface area contributed by atoms with Crippen LogP contribution < -0.4 is 5.32 Å². The lowest BCUT2D eigenvalue weighted by Crippen LogP contribution is -2.44. The molecule has 2 aromatic carbocycles. The maximum absolute atomic E-state index is 13.0. The fourth-order valence-electron chi connectivity index (χ4n) is 4.89. The van der Waals surface area contributed by atoms with Gasteiger partial charge in [0.15, 0.2) is 0 Å². The van der Waals surface area contributed by atoms with Crippen LogP contribution in [0.4, 0.5) is 0 Å². The van der Waals surface area contributed by atoms with Gasteiger partial charge < -0.3 is 10.2 Å². The molecule has 1 saturated heterocycles. The van der Waals surface area contributed by atoms with Crippen molar-refractivity contribution in [3.63, 3.8) is 0 Å². The van der Waals surface area contributed by atoms with E-state index in [0.29, 0.717) is 31.5 Å². The molecule has 0 saturated carbocycles. The van der Waals surface area contributed by atoms with Crippen LogP contribution in [0.5, 0.6) is 0 Å². The SMILES string of the molecule is Cn1nnc2cc(C(=O)N3CCC(C(=O)N[C@@H]4CCCc5ccccc54)CC3)ccc21. The molecule has 1 N–H and O–H groups in total. The summed E-state index contributed by atoms with van der Waals surface area (Å²) in [5.41, 5.74) is 4.84. The summed E-state index contributed by atoms with van der Waals surface area (Å²) < 4.78 is 1.69. The number of hydrogen-bond donors (Lipinski definition) is 1. The van der Waals surface area contributed by atoms with E-state index in [2.05, 4.69) is 33.8 Å². The second kappa shape index (κ2) is 8.13. The third kappa shape index (κ3) is 3.80. The van der Waals surface area contributed by atoms with Crippen molar-refractivity contribution in [2.45, 2.75) is 38.1 Å². The van der Waals surface area contributed by atoms with E-state index < -0.39 is 0 Å². The van der Waals surface area contributed by atoms with Gasteiger partial charge in [-0.25, -0.2) is 4.68 Å². The zero-order valence-electron chi connectivity index (χ0n) is 17.8. The molecule has 5 rings (SSSR count). The molecule has 0 radical (unpaired) electrons. The first kappa shape index (κ1) is 19.7. The molecule has 160 valence electrons. The Kier molecular flexibility index (Phi) is 5.18. The molecule has 0 bridgehead atoms. The lowest BCUT2D eigenvalue weighted by molar-refractivity contribution is -0.127. The summed E-state index contributed by atoms with van der Waals surface area (Å²) in [6.07, 6.45) is 4.57. The molecular weight excluding hydrogens is 390 g/mol. The molecular formula is C24H27N5O2. The van der Waals surface area contributed by atoms with Gasteiger partial charge >= 0.3 is 0 Å². The molecule has 2 aliphatic rings. The van der Waals surface area contributed by atoms with Crippen LogP contribution in [-0.4, -0.2) is 44.8 Å². The predicted molar refractivity (Wildman–Crippen MR) is 117 cm³/mol. The Labute approximate surface area is 181 Å². The van der Waals surface area contributed by atoms with Gasteiger partial charge in [0.05, 0.1) is 11.6 Å². The van der Waals surface area contributed by atoms with Crippen molar-refractivity contribution in [2.75, 3.05) is 13.1 Å². The van der Waals surface area contributed by atoms with Gasteiger partial charge in [-0.1, -0.05) is 29.5 Å². The number of fused-ring (bicyclic) bond motifs is 2. The number of amides is 2. The normalized spacial score (nSPS) is 19.3. The highest BCUT2D eigenvalue weighted by molar-refractivity contribution is 5.97. The number of aromatic nitrogens is 3. The van der Waals surface area contributed by atoms with Crippen LogP contribution in [-0.2, 0) is 18.3 Å². The minimum Gasteiger partial charge on any atom is -0.349 e. The quantitative estimate of drug-likeness (QED) is 0.710. The molecule has 2 heterocycles. The lowest BCUT2D eigenvalue weighted by atomic mass is 9.87. The minimum atomic E-state index is -0.0411. The maximum atomic E-state index is 13.0. The first-order valence-electron chi connectivity index (χ1n) is 11.1. The molecule has 2 amide bonds. The number of rotatable bonds is 3. The Morgan fingerprint density at radius 2 is 1.87 bits per heavy atom. The Morgan fingerprint density at radius 1 is 1.06 bits per heavy atom. The fourth-order valence-corrected chi connectivity index (χ4v) is 4.89. The van der Waals surface area contributed by atoms with Crippen molar-refractivity contribution < 1.29 is 9.59 Å². The van der Waals surface area contributed by atoms with Crippen molar-refractivity contribution in [2.24, 2.45) is 13.0 Å². The number of benzene rings is 2. The van der Waals surface area contributed by atoms with Crippen molar-refractivity contribution in [1.29, 1.82) is 0 Å². The lowest BCUT2D eigenvalue weighted by Gasteiger charge is -2.33. The molecule has 7 heteroatoms. The van der Waals surface area contributed by atoms with Gasteiger partial charge in [-0.15, -0.1) is 5.10 Å². The number of carbonyl (C=O) groups is 2. The highest BCUT2D eigenvalue weighted by Gasteiger charge is 2.30. The first-order valence-corrected chi connectivity index (χ1v) is 11.1. The first-order chi connectivity index (χ1) is 15.1. The summed E-state index contributed by atoms with van der Waals surface area (Å²) in [7, 11) is 1.83. The van der Waals surface area contributed by atoms with Gasteiger partial charge in [-0.2, -0.15) is 0 Å². The van der Waals surface area contributed by atoms with Gasteiger partial charge in [-0.3, -0.25) is 9.59 Å². The molecule has 1 aliphatic heterocycles. The monoisotopic (exact) mass is 417 g/mol. The number of aryl methyl sites for hydroxylation is 2. The van der Waals surface area contributed by atoms with E-state index in [1.54, 1.807) is 10.7 Å². The van der Waals surface area contributed by atoms with Gasteiger partial charge in [0, 0.05) is 31.6 Å². The Balaban J connectivity index is 1.20. The average molecular weight is 418 g/mol. The van der Waals surface area contributed by atoms with Crippen LogP contribution in [0.25, 0.3) is 11.0 Å². The molecule has 1 aliphatic carbocycles. The number of piperidine rings is 1. The van der Waals surface area contributed by atoms with Gasteiger partial charge in [-0.05, 0) is 61.4 Å². The number of carbonyl (C=O) groups excluding carboxylic acids is 2. The highest BCUT2D eigenvalue weighted by Crippen LogP contribution is 2.30. The van der Waals surface area contributed by atoms with Crippen molar-refractivity contribution >= 4 is 22.8 Å². The zero-order valence-corrected chi connectivity index (χ0v) is 17.8. The largest absolute Gasteiger partial charge is 0.349 e. The third-order valence-corrected chi connectivity index (χ3v) is 6.70. The van der Waals surface area contributed by atoms with Crippen LogP contribution in [0.1, 0.15) is 53.2 Å². The van der Waals surface area contributed by atoms with E-state index in [9.17, 15) is 9.59 Å². The molecule has 7 nitrogen and oxygen atoms in total. The Morgan fingerprint density at radius 3 is 2.71 bits per heavy atom. The summed E-state index contributed by atoms with van der Waals surface area (Å²) in [5, 5.41) is 11.4. The molecule has 1 atom stereocenters. The smallest absolute Gasteiger partial charge is 0.253 e. The van der Waals surface area contributed by atoms with E-state index in [-0.39, 0.29) is 23.8 Å². The van der Waals surface area contributed by atoms with Crippen LogP contribution in [0.2, 0.25) is 0 Å². The Hall–Kier alpha value is -3.22. The number of hydrogen-bond acceptors (Lipinski definition) is 4. The topological polar surface area (TPSA) is 80.1 Å². The summed E-state index contributed by atoms with van der Waals surface area (Å²) >= 11 is 0. The van der Waals surface area contributed by atoms with E-state index in [0.717, 1.165) is 30.3 Å². The van der Waals surface area contributed by atoms with E-state index in [4.69, 9.17) is 0 Å². The second-order valence-electron chi connectivity index (χ2n) is 8.64. The summed E-state index contributed by atoms with van der Waals surface area (Å²) in [5.74, 6) is 0.0722. The fraction of sp³-hybridized carbons (Fsp3) is 0.417. The van der Waals surface area contributed by atoms with Crippen LogP contribution in [0.15, 0.2) is 42.5 Å². The zero-order chi connectivity index (χ0) is 21.4. The van der Waals surface area contributed by atoms with Crippen molar-refractivity contribution in [3.05, 3.63) is 59.2 Å². The summed E-state index contributed by atoms with van der Waals surface area (Å²) in [6.45, 7) is 1.19. The summed E-state index contributed by atoms with van der Waals surface area (Å²) in [6, 6.07) is 14.0. The van der Waals surface area contributed by atoms with E-state index in [1.807, 2.05) is 30.1 Å². The van der Waals surface area contributed by atoms with Crippen LogP contribution in [0.3, 0.4) is 0 Å². The van der Waals surface area contributed by atoms with Gasteiger partial charge in [0.25, 0.3) is 5.91 Å². The number of nitrogens with one attached hydrogen (secondary N) is 1. The minimum absolute atomic E-state index is 0.00683. The van der Waals surface area contributed by atoms with E-state index in [1.165, 1.54) is 11.1 Å². The third-order valence-electron chi connectivity index (χ3n) is 6.70. The molecule has 31 heavy (non-hydrogen) atoms. The Bertz CT molecular complexity index is 1130. The standard InChI is InChI=1S/C24H27N5O2/c1-28-22-10-9-18(15-21(22)26-27-28)24(31)29-13-11-17(12-14-29)23(30)25-20-8-4-6-16-5-2-3-7-19(16)20/h2-3,5,7,9-10,15,17,20H,4,6,8,11-14H2,1H3,(H,25,30)/t20-/m1/s1. The molecule has 1 aromatic heterocycles. The van der Waals surface area contributed by atoms with Gasteiger partial charge in [0.2, 0.25) is 5.91 Å². The maximum Gasteiger partial charge on any atom is 0.253 e. The predicted octanol–water partition coefficient (Wildman–Crippen LogP) is 3.01. The van der Waals surface area contributed by atoms with Crippen molar-refractivity contribution in [1.82, 2.24) is 25.2 Å². The second-order valence-corrected chi connectivity index (χ2v) is 8.64. The molecule has 0 unspecified atom stereocenters. The highest BCUT2D eigenvalue weighted by atomic mass is 16.2. The number of likely N-dealkylation sites (tertiary alicyclic amines) is 1. The van der Waals surface area contributed by atoms with Gasteiger partial charge in [0.1, 0.15) is 5.52 Å².